The highest BCUT2D eigenvalue weighted by atomic mass is 16.6. The Morgan fingerprint density at radius 3 is 2.38 bits per heavy atom. The Morgan fingerprint density at radius 2 is 1.86 bits per heavy atom. The average molecular weight is 289 g/mol. The molecule has 108 valence electrons. The van der Waals surface area contributed by atoms with E-state index in [0.717, 1.165) is 17.0 Å². The second kappa shape index (κ2) is 5.53. The van der Waals surface area contributed by atoms with E-state index in [2.05, 4.69) is 0 Å². The molecule has 0 spiro atoms. The minimum absolute atomic E-state index is 0.000283. The molecule has 1 aliphatic rings. The monoisotopic (exact) mass is 289 g/mol. The summed E-state index contributed by atoms with van der Waals surface area (Å²) >= 11 is 0. The summed E-state index contributed by atoms with van der Waals surface area (Å²) in [5.41, 5.74) is -0.163. The Balaban J connectivity index is 2.52. The van der Waals surface area contributed by atoms with Crippen molar-refractivity contribution in [1.82, 2.24) is 0 Å². The van der Waals surface area contributed by atoms with Crippen LogP contribution < -0.4 is 10.0 Å². The minimum atomic E-state index is -1.54. The van der Waals surface area contributed by atoms with Gasteiger partial charge in [0.05, 0.1) is 16.6 Å². The van der Waals surface area contributed by atoms with Crippen LogP contribution in [0.5, 0.6) is 0 Å². The van der Waals surface area contributed by atoms with Crippen LogP contribution in [0.2, 0.25) is 0 Å². The molecular weight excluding hydrogens is 280 g/mol. The van der Waals surface area contributed by atoms with Gasteiger partial charge in [0.2, 0.25) is 18.0 Å². The summed E-state index contributed by atoms with van der Waals surface area (Å²) in [6.07, 6.45) is 1.81. The minimum Gasteiger partial charge on any atom is -0.545 e. The molecule has 2 amide bonds. The van der Waals surface area contributed by atoms with Crippen LogP contribution in [-0.2, 0) is 9.59 Å². The first-order valence-corrected chi connectivity index (χ1v) is 5.93. The number of carboxylic acids is 1. The van der Waals surface area contributed by atoms with Crippen molar-refractivity contribution in [2.45, 2.75) is 12.8 Å². The van der Waals surface area contributed by atoms with Crippen molar-refractivity contribution < 1.29 is 24.4 Å². The van der Waals surface area contributed by atoms with Gasteiger partial charge in [0.1, 0.15) is 0 Å². The lowest BCUT2D eigenvalue weighted by Crippen LogP contribution is -2.32. The molecule has 0 bridgehead atoms. The first-order valence-electron chi connectivity index (χ1n) is 5.93. The van der Waals surface area contributed by atoms with E-state index in [0.29, 0.717) is 11.8 Å². The summed E-state index contributed by atoms with van der Waals surface area (Å²) in [6.45, 7) is 0. The van der Waals surface area contributed by atoms with Gasteiger partial charge in [-0.25, -0.2) is 4.90 Å². The second-order valence-corrected chi connectivity index (χ2v) is 4.29. The summed E-state index contributed by atoms with van der Waals surface area (Å²) in [4.78, 5) is 44.9. The molecule has 0 atom stereocenters. The van der Waals surface area contributed by atoms with Crippen molar-refractivity contribution in [1.29, 1.82) is 0 Å². The second-order valence-electron chi connectivity index (χ2n) is 4.29. The van der Waals surface area contributed by atoms with Gasteiger partial charge in [-0.1, -0.05) is 12.1 Å². The Bertz CT molecular complexity index is 663. The summed E-state index contributed by atoms with van der Waals surface area (Å²) in [5.74, 6) is -2.57. The van der Waals surface area contributed by atoms with Crippen molar-refractivity contribution in [3.8, 4) is 0 Å². The topological polar surface area (TPSA) is 121 Å². The quantitative estimate of drug-likeness (QED) is 0.435. The summed E-state index contributed by atoms with van der Waals surface area (Å²) < 4.78 is 0. The molecule has 1 aliphatic heterocycles. The molecule has 8 nitrogen and oxygen atoms in total. The number of rotatable bonds is 4. The predicted molar refractivity (Wildman–Crippen MR) is 68.5 cm³/mol. The Hall–Kier alpha value is -3.03. The molecule has 1 aromatic carbocycles. The third kappa shape index (κ3) is 2.94. The molecule has 1 fully saturated rings. The van der Waals surface area contributed by atoms with Crippen LogP contribution in [-0.4, -0.2) is 22.7 Å². The van der Waals surface area contributed by atoms with Gasteiger partial charge in [-0.3, -0.25) is 19.7 Å². The molecule has 8 heteroatoms. The molecule has 0 radical (unpaired) electrons. The third-order valence-corrected chi connectivity index (χ3v) is 2.92. The number of aromatic carboxylic acids is 1. The molecule has 0 aromatic heterocycles. The van der Waals surface area contributed by atoms with E-state index in [9.17, 15) is 29.6 Å². The zero-order chi connectivity index (χ0) is 15.6. The molecule has 2 rings (SSSR count). The lowest BCUT2D eigenvalue weighted by atomic mass is 10.1. The van der Waals surface area contributed by atoms with Crippen LogP contribution in [0.25, 0.3) is 6.08 Å². The maximum atomic E-state index is 11.7. The zero-order valence-corrected chi connectivity index (χ0v) is 10.6. The van der Waals surface area contributed by atoms with Crippen LogP contribution in [0.3, 0.4) is 0 Å². The van der Waals surface area contributed by atoms with Gasteiger partial charge in [-0.05, 0) is 11.6 Å². The van der Waals surface area contributed by atoms with Gasteiger partial charge >= 0.3 is 0 Å². The fourth-order valence-electron chi connectivity index (χ4n) is 2.00. The van der Waals surface area contributed by atoms with Crippen molar-refractivity contribution in [2.24, 2.45) is 0 Å². The number of imide groups is 1. The summed E-state index contributed by atoms with van der Waals surface area (Å²) in [6, 6.07) is 3.69. The lowest BCUT2D eigenvalue weighted by molar-refractivity contribution is -0.400. The standard InChI is InChI=1S/C13H10N2O6/c16-11-3-4-12(17)15(11)10-7-8(5-6-14(20)21)1-2-9(10)13(18)19/h1-2,5-7H,3-4H2,(H,18,19)/p-1/b6-5+. The molecule has 0 aliphatic carbocycles. The SMILES string of the molecule is O=C([O-])c1ccc(/C=C/[N+](=O)[O-])cc1N1C(=O)CCC1=O. The van der Waals surface area contributed by atoms with Gasteiger partial charge in [0.15, 0.2) is 0 Å². The zero-order valence-electron chi connectivity index (χ0n) is 10.6. The van der Waals surface area contributed by atoms with Crippen molar-refractivity contribution in [3.05, 3.63) is 45.6 Å². The Kier molecular flexibility index (Phi) is 3.79. The maximum absolute atomic E-state index is 11.7. The van der Waals surface area contributed by atoms with Gasteiger partial charge in [0.25, 0.3) is 0 Å². The highest BCUT2D eigenvalue weighted by Crippen LogP contribution is 2.27. The first kappa shape index (κ1) is 14.4. The number of amides is 2. The predicted octanol–water partition coefficient (Wildman–Crippen LogP) is -0.0491. The third-order valence-electron chi connectivity index (χ3n) is 2.92. The van der Waals surface area contributed by atoms with E-state index >= 15 is 0 Å². The summed E-state index contributed by atoms with van der Waals surface area (Å²) in [5, 5.41) is 21.4. The van der Waals surface area contributed by atoms with Gasteiger partial charge < -0.3 is 9.90 Å². The number of benzene rings is 1. The van der Waals surface area contributed by atoms with Crippen molar-refractivity contribution in [3.63, 3.8) is 0 Å². The highest BCUT2D eigenvalue weighted by Gasteiger charge is 2.32. The van der Waals surface area contributed by atoms with Crippen molar-refractivity contribution in [2.75, 3.05) is 4.90 Å². The molecule has 1 aromatic rings. The number of anilines is 1. The average Bonchev–Trinajstić information content (AvgIpc) is 2.75. The fourth-order valence-corrected chi connectivity index (χ4v) is 2.00. The Labute approximate surface area is 118 Å². The number of carboxylic acid groups (broad SMARTS) is 1. The first-order chi connectivity index (χ1) is 9.90. The number of carbonyl (C=O) groups is 3. The van der Waals surface area contributed by atoms with Crippen molar-refractivity contribution >= 4 is 29.5 Å². The van der Waals surface area contributed by atoms with E-state index in [1.165, 1.54) is 12.1 Å². The largest absolute Gasteiger partial charge is 0.545 e. The van der Waals surface area contributed by atoms with Crippen LogP contribution in [0.1, 0.15) is 28.8 Å². The van der Waals surface area contributed by atoms with E-state index in [1.807, 2.05) is 0 Å². The van der Waals surface area contributed by atoms with Crippen LogP contribution in [0.15, 0.2) is 24.4 Å². The fraction of sp³-hybridized carbons (Fsp3) is 0.154. The highest BCUT2D eigenvalue weighted by molar-refractivity contribution is 6.21. The van der Waals surface area contributed by atoms with E-state index in [-0.39, 0.29) is 24.1 Å². The van der Waals surface area contributed by atoms with Crippen LogP contribution in [0.4, 0.5) is 5.69 Å². The molecule has 0 N–H and O–H groups in total. The van der Waals surface area contributed by atoms with Gasteiger partial charge in [-0.15, -0.1) is 0 Å². The molecule has 1 saturated heterocycles. The summed E-state index contributed by atoms with van der Waals surface area (Å²) in [7, 11) is 0. The lowest BCUT2D eigenvalue weighted by Gasteiger charge is -2.19. The number of hydrogen-bond acceptors (Lipinski definition) is 6. The smallest absolute Gasteiger partial charge is 0.235 e. The number of nitro groups is 1. The maximum Gasteiger partial charge on any atom is 0.235 e. The molecular formula is C13H9N2O6-. The number of hydrogen-bond donors (Lipinski definition) is 0. The molecule has 0 unspecified atom stereocenters. The van der Waals surface area contributed by atoms with Crippen LogP contribution >= 0.6 is 0 Å². The van der Waals surface area contributed by atoms with Gasteiger partial charge in [0, 0.05) is 24.5 Å². The Morgan fingerprint density at radius 1 is 1.24 bits per heavy atom. The number of nitrogens with zero attached hydrogens (tertiary/aromatic N) is 2. The van der Waals surface area contributed by atoms with Gasteiger partial charge in [-0.2, -0.15) is 0 Å². The molecule has 1 heterocycles. The van der Waals surface area contributed by atoms with E-state index in [4.69, 9.17) is 0 Å². The normalized spacial score (nSPS) is 15.0. The number of carbonyl (C=O) groups excluding carboxylic acids is 3. The molecule has 21 heavy (non-hydrogen) atoms. The molecule has 0 saturated carbocycles. The van der Waals surface area contributed by atoms with Crippen LogP contribution in [0, 0.1) is 10.1 Å². The van der Waals surface area contributed by atoms with E-state index in [1.54, 1.807) is 0 Å². The van der Waals surface area contributed by atoms with E-state index < -0.39 is 22.7 Å².